The molecule has 0 bridgehead atoms. The first-order chi connectivity index (χ1) is 27.6. The van der Waals surface area contributed by atoms with Crippen molar-refractivity contribution in [2.75, 3.05) is 0 Å². The fourth-order valence-electron chi connectivity index (χ4n) is 8.96. The van der Waals surface area contributed by atoms with Crippen molar-refractivity contribution in [2.45, 2.75) is 246 Å². The van der Waals surface area contributed by atoms with Crippen LogP contribution in [0.1, 0.15) is 255 Å². The Morgan fingerprint density at radius 3 is 0.982 bits per heavy atom. The highest BCUT2D eigenvalue weighted by molar-refractivity contribution is 5.82. The van der Waals surface area contributed by atoms with Crippen LogP contribution < -0.4 is 0 Å². The molecular formula is C54H88N2. The zero-order chi connectivity index (χ0) is 39.9. The van der Waals surface area contributed by atoms with Gasteiger partial charge in [0.2, 0.25) is 11.4 Å². The van der Waals surface area contributed by atoms with Gasteiger partial charge in [0.05, 0.1) is 0 Å². The minimum atomic E-state index is 1.03. The number of nitrogens with zero attached hydrogens (tertiary/aromatic N) is 2. The molecule has 0 aliphatic carbocycles. The number of benzene rings is 2. The average Bonchev–Trinajstić information content (AvgIpc) is 3.49. The Morgan fingerprint density at radius 1 is 0.339 bits per heavy atom. The van der Waals surface area contributed by atoms with E-state index in [1.807, 2.05) is 0 Å². The van der Waals surface area contributed by atoms with E-state index in [9.17, 15) is 5.53 Å². The predicted molar refractivity (Wildman–Crippen MR) is 248 cm³/mol. The molecule has 56 heavy (non-hydrogen) atoms. The van der Waals surface area contributed by atoms with Crippen LogP contribution in [-0.4, -0.2) is 4.70 Å². The van der Waals surface area contributed by atoms with Crippen LogP contribution >= 0.6 is 0 Å². The molecule has 1 aliphatic rings. The lowest BCUT2D eigenvalue weighted by atomic mass is 9.91. The third kappa shape index (κ3) is 18.9. The van der Waals surface area contributed by atoms with Crippen LogP contribution in [0.4, 0.5) is 0 Å². The van der Waals surface area contributed by atoms with Crippen molar-refractivity contribution in [3.8, 4) is 0 Å². The Hall–Kier alpha value is -2.48. The molecule has 0 N–H and O–H groups in total. The Morgan fingerprint density at radius 2 is 0.625 bits per heavy atom. The first-order valence-electron chi connectivity index (χ1n) is 24.8. The normalized spacial score (nSPS) is 13.2. The topological polar surface area (TPSA) is 25.3 Å². The second kappa shape index (κ2) is 31.5. The van der Waals surface area contributed by atoms with E-state index >= 15 is 0 Å². The molecule has 0 saturated carbocycles. The zero-order valence-electron chi connectivity index (χ0n) is 37.6. The summed E-state index contributed by atoms with van der Waals surface area (Å²) in [4.78, 5) is 0. The SMILES string of the molecule is CCCCCCCCCCCCCCCCCCCCCCCCC1=C(c2cccc(CCCCC)c2)[N+](=[N-])C(c2cccc(CCCCC)c2)=C1CCCC. The van der Waals surface area contributed by atoms with Gasteiger partial charge < -0.3 is 5.53 Å². The van der Waals surface area contributed by atoms with Gasteiger partial charge in [-0.05, 0) is 86.8 Å². The summed E-state index contributed by atoms with van der Waals surface area (Å²) in [5.74, 6) is 0. The highest BCUT2D eigenvalue weighted by Crippen LogP contribution is 2.45. The number of rotatable bonds is 36. The summed E-state index contributed by atoms with van der Waals surface area (Å²) in [7, 11) is 0. The second-order valence-electron chi connectivity index (χ2n) is 17.6. The van der Waals surface area contributed by atoms with Gasteiger partial charge in [-0.2, -0.15) is 0 Å². The van der Waals surface area contributed by atoms with Gasteiger partial charge in [0.15, 0.2) is 0 Å². The highest BCUT2D eigenvalue weighted by Gasteiger charge is 2.35. The van der Waals surface area contributed by atoms with Gasteiger partial charge >= 0.3 is 0 Å². The fraction of sp³-hybridized carbons (Fsp3) is 0.704. The summed E-state index contributed by atoms with van der Waals surface area (Å²) in [6.45, 7) is 9.16. The van der Waals surface area contributed by atoms with E-state index in [0.717, 1.165) is 49.9 Å². The molecule has 2 heteroatoms. The van der Waals surface area contributed by atoms with Crippen LogP contribution in [0, 0.1) is 0 Å². The minimum absolute atomic E-state index is 1.03. The van der Waals surface area contributed by atoms with Crippen LogP contribution in [0.3, 0.4) is 0 Å². The van der Waals surface area contributed by atoms with Crippen LogP contribution in [0.15, 0.2) is 59.7 Å². The summed E-state index contributed by atoms with van der Waals surface area (Å²) < 4.78 is 1.61. The molecule has 0 fully saturated rings. The number of aryl methyl sites for hydroxylation is 2. The maximum Gasteiger partial charge on any atom is 0.211 e. The first-order valence-corrected chi connectivity index (χ1v) is 24.8. The molecule has 0 aromatic heterocycles. The molecule has 1 heterocycles. The molecule has 2 aromatic rings. The maximum absolute atomic E-state index is 12.2. The highest BCUT2D eigenvalue weighted by atomic mass is 15.2. The molecule has 0 atom stereocenters. The summed E-state index contributed by atoms with van der Waals surface area (Å²) in [5, 5.41) is 0. The lowest BCUT2D eigenvalue weighted by molar-refractivity contribution is -0.345. The number of unbranched alkanes of at least 4 members (excludes halogenated alkanes) is 26. The molecule has 2 aromatic carbocycles. The molecule has 0 spiro atoms. The van der Waals surface area contributed by atoms with Gasteiger partial charge in [-0.25, -0.2) is 4.70 Å². The Kier molecular flexibility index (Phi) is 26.9. The zero-order valence-corrected chi connectivity index (χ0v) is 37.6. The van der Waals surface area contributed by atoms with Crippen molar-refractivity contribution in [3.63, 3.8) is 0 Å². The summed E-state index contributed by atoms with van der Waals surface area (Å²) >= 11 is 0. The van der Waals surface area contributed by atoms with Crippen molar-refractivity contribution in [1.29, 1.82) is 0 Å². The van der Waals surface area contributed by atoms with Crippen LogP contribution in [-0.2, 0) is 12.8 Å². The van der Waals surface area contributed by atoms with E-state index in [4.69, 9.17) is 0 Å². The Labute approximate surface area is 348 Å². The van der Waals surface area contributed by atoms with E-state index in [-0.39, 0.29) is 0 Å². The predicted octanol–water partition coefficient (Wildman–Crippen LogP) is 18.5. The van der Waals surface area contributed by atoms with Gasteiger partial charge in [-0.1, -0.05) is 219 Å². The Bertz CT molecular complexity index is 1380. The standard InChI is InChI=1S/C54H88N2/c1-5-9-13-14-15-16-17-18-19-20-21-22-23-24-25-26-27-28-29-30-31-34-44-52-51(43-12-8-4)53(49-41-35-39-47(45-49)37-32-10-6-2)56(55)54(52)50-42-36-40-48(46-50)38-33-11-7-3/h35-36,39-42,45-46H,5-34,37-38,43-44H2,1-4H3. The fourth-order valence-corrected chi connectivity index (χ4v) is 8.96. The third-order valence-corrected chi connectivity index (χ3v) is 12.5. The number of hydrogen-bond donors (Lipinski definition) is 0. The quantitative estimate of drug-likeness (QED) is 0.0488. The molecule has 3 rings (SSSR count). The lowest BCUT2D eigenvalue weighted by Gasteiger charge is -2.12. The minimum Gasteiger partial charge on any atom is -0.493 e. The second-order valence-corrected chi connectivity index (χ2v) is 17.6. The maximum atomic E-state index is 12.2. The van der Waals surface area contributed by atoms with Gasteiger partial charge in [0.25, 0.3) is 0 Å². The van der Waals surface area contributed by atoms with Gasteiger partial charge in [0.1, 0.15) is 0 Å². The molecule has 0 amide bonds. The van der Waals surface area contributed by atoms with E-state index in [2.05, 4.69) is 76.2 Å². The van der Waals surface area contributed by atoms with Gasteiger partial charge in [-0.15, -0.1) is 0 Å². The van der Waals surface area contributed by atoms with E-state index < -0.39 is 0 Å². The third-order valence-electron chi connectivity index (χ3n) is 12.5. The Balaban J connectivity index is 1.48. The molecule has 314 valence electrons. The van der Waals surface area contributed by atoms with Gasteiger partial charge in [0, 0.05) is 22.3 Å². The summed E-state index contributed by atoms with van der Waals surface area (Å²) in [6, 6.07) is 18.2. The smallest absolute Gasteiger partial charge is 0.211 e. The lowest BCUT2D eigenvalue weighted by Crippen LogP contribution is -2.03. The van der Waals surface area contributed by atoms with Crippen molar-refractivity contribution >= 4 is 11.4 Å². The van der Waals surface area contributed by atoms with Crippen LogP contribution in [0.25, 0.3) is 16.9 Å². The summed E-state index contributed by atoms with van der Waals surface area (Å²) in [5.41, 5.74) is 22.2. The van der Waals surface area contributed by atoms with Crippen molar-refractivity contribution in [2.24, 2.45) is 0 Å². The van der Waals surface area contributed by atoms with Crippen molar-refractivity contribution in [3.05, 3.63) is 87.5 Å². The van der Waals surface area contributed by atoms with E-state index in [1.54, 1.807) is 4.70 Å². The molecule has 0 saturated heterocycles. The van der Waals surface area contributed by atoms with Crippen LogP contribution in [0.5, 0.6) is 0 Å². The average molecular weight is 765 g/mol. The van der Waals surface area contributed by atoms with Crippen molar-refractivity contribution < 1.29 is 4.70 Å². The van der Waals surface area contributed by atoms with Gasteiger partial charge in [-0.3, -0.25) is 0 Å². The molecule has 1 aliphatic heterocycles. The largest absolute Gasteiger partial charge is 0.493 e. The summed E-state index contributed by atoms with van der Waals surface area (Å²) in [6.07, 6.45) is 45.2. The van der Waals surface area contributed by atoms with Crippen molar-refractivity contribution in [1.82, 2.24) is 0 Å². The van der Waals surface area contributed by atoms with Crippen LogP contribution in [0.2, 0.25) is 0 Å². The molecule has 0 unspecified atom stereocenters. The van der Waals surface area contributed by atoms with E-state index in [0.29, 0.717) is 0 Å². The number of hydrogen-bond acceptors (Lipinski definition) is 0. The first kappa shape index (κ1) is 47.9. The number of allylic oxidation sites excluding steroid dienone is 2. The molecular weight excluding hydrogens is 677 g/mol. The van der Waals surface area contributed by atoms with E-state index in [1.165, 1.54) is 213 Å². The monoisotopic (exact) mass is 765 g/mol. The molecule has 2 nitrogen and oxygen atoms in total. The molecule has 0 radical (unpaired) electrons.